The van der Waals surface area contributed by atoms with Crippen LogP contribution in [0, 0.1) is 0 Å². The molecule has 4 heteroatoms. The first-order valence-electron chi connectivity index (χ1n) is 4.17. The van der Waals surface area contributed by atoms with E-state index in [0.29, 0.717) is 0 Å². The second-order valence-corrected chi connectivity index (χ2v) is 12.5. The minimum Gasteiger partial charge on any atom is -0.525 e. The third kappa shape index (κ3) is 6.63. The zero-order chi connectivity index (χ0) is 9.99. The molecule has 0 amide bonds. The van der Waals surface area contributed by atoms with E-state index >= 15 is 0 Å². The molecule has 0 aliphatic carbocycles. The SMILES string of the molecule is C=C(C)O[Si](C)(C)O[Si](C)(C)C. The molecule has 12 heavy (non-hydrogen) atoms. The Hall–Kier alpha value is -0.0662. The fourth-order valence-corrected chi connectivity index (χ4v) is 8.08. The van der Waals surface area contributed by atoms with Crippen LogP contribution in [0.4, 0.5) is 0 Å². The molecule has 0 aromatic heterocycles. The van der Waals surface area contributed by atoms with Gasteiger partial charge in [-0.1, -0.05) is 6.58 Å². The van der Waals surface area contributed by atoms with E-state index in [-0.39, 0.29) is 0 Å². The summed E-state index contributed by atoms with van der Waals surface area (Å²) < 4.78 is 11.5. The van der Waals surface area contributed by atoms with Crippen molar-refractivity contribution in [1.29, 1.82) is 0 Å². The van der Waals surface area contributed by atoms with Crippen molar-refractivity contribution in [2.45, 2.75) is 39.7 Å². The summed E-state index contributed by atoms with van der Waals surface area (Å²) >= 11 is 0. The number of hydrogen-bond acceptors (Lipinski definition) is 2. The Morgan fingerprint density at radius 3 is 1.75 bits per heavy atom. The van der Waals surface area contributed by atoms with E-state index in [1.807, 2.05) is 6.92 Å². The van der Waals surface area contributed by atoms with Gasteiger partial charge in [0.2, 0.25) is 0 Å². The molecule has 0 spiro atoms. The van der Waals surface area contributed by atoms with E-state index in [2.05, 4.69) is 39.3 Å². The zero-order valence-corrected chi connectivity index (χ0v) is 11.0. The molecule has 0 N–H and O–H groups in total. The Bertz CT molecular complexity index is 170. The molecule has 0 aromatic carbocycles. The lowest BCUT2D eigenvalue weighted by atomic mass is 10.7. The van der Waals surface area contributed by atoms with Crippen LogP contribution in [0.1, 0.15) is 6.92 Å². The first-order valence-corrected chi connectivity index (χ1v) is 10.4. The molecule has 0 fully saturated rings. The van der Waals surface area contributed by atoms with Crippen LogP contribution in [-0.2, 0) is 8.54 Å². The summed E-state index contributed by atoms with van der Waals surface area (Å²) in [6.07, 6.45) is 0. The van der Waals surface area contributed by atoms with Gasteiger partial charge in [0.1, 0.15) is 0 Å². The quantitative estimate of drug-likeness (QED) is 0.517. The second-order valence-electron chi connectivity index (χ2n) is 4.42. The lowest BCUT2D eigenvalue weighted by Gasteiger charge is -2.31. The van der Waals surface area contributed by atoms with E-state index in [1.54, 1.807) is 0 Å². The van der Waals surface area contributed by atoms with Gasteiger partial charge in [0.15, 0.2) is 8.32 Å². The van der Waals surface area contributed by atoms with E-state index in [9.17, 15) is 0 Å². The fourth-order valence-electron chi connectivity index (χ4n) is 1.18. The second kappa shape index (κ2) is 3.76. The molecule has 0 aliphatic heterocycles. The highest BCUT2D eigenvalue weighted by Crippen LogP contribution is 2.17. The molecule has 0 saturated heterocycles. The van der Waals surface area contributed by atoms with Crippen molar-refractivity contribution in [3.63, 3.8) is 0 Å². The highest BCUT2D eigenvalue weighted by atomic mass is 28.4. The van der Waals surface area contributed by atoms with Crippen LogP contribution >= 0.6 is 0 Å². The van der Waals surface area contributed by atoms with Crippen molar-refractivity contribution < 1.29 is 8.54 Å². The minimum absolute atomic E-state index is 0.755. The lowest BCUT2D eigenvalue weighted by molar-refractivity contribution is 0.324. The smallest absolute Gasteiger partial charge is 0.381 e. The Balaban J connectivity index is 4.13. The maximum Gasteiger partial charge on any atom is 0.381 e. The van der Waals surface area contributed by atoms with Gasteiger partial charge in [0, 0.05) is 0 Å². The van der Waals surface area contributed by atoms with Crippen LogP contribution in [0.2, 0.25) is 32.7 Å². The Morgan fingerprint density at radius 1 is 1.08 bits per heavy atom. The summed E-state index contributed by atoms with van der Waals surface area (Å²) in [6.45, 7) is 16.2. The van der Waals surface area contributed by atoms with E-state index in [0.717, 1.165) is 5.76 Å². The van der Waals surface area contributed by atoms with Crippen molar-refractivity contribution in [2.24, 2.45) is 0 Å². The molecule has 0 radical (unpaired) electrons. The molecular weight excluding hydrogens is 184 g/mol. The van der Waals surface area contributed by atoms with Crippen LogP contribution < -0.4 is 0 Å². The maximum atomic E-state index is 5.93. The summed E-state index contributed by atoms with van der Waals surface area (Å²) in [5.41, 5.74) is 0. The summed E-state index contributed by atoms with van der Waals surface area (Å²) in [4.78, 5) is 0. The Morgan fingerprint density at radius 2 is 1.50 bits per heavy atom. The standard InChI is InChI=1S/C8H20O2Si2/c1-8(2)9-12(6,7)10-11(3,4)5/h1H2,2-7H3. The van der Waals surface area contributed by atoms with Crippen molar-refractivity contribution in [3.05, 3.63) is 12.3 Å². The molecule has 0 unspecified atom stereocenters. The van der Waals surface area contributed by atoms with Gasteiger partial charge >= 0.3 is 8.56 Å². The normalized spacial score (nSPS) is 12.8. The molecule has 0 atom stereocenters. The van der Waals surface area contributed by atoms with Gasteiger partial charge in [-0.15, -0.1) is 0 Å². The zero-order valence-electron chi connectivity index (χ0n) is 9.02. The highest BCUT2D eigenvalue weighted by Gasteiger charge is 2.32. The van der Waals surface area contributed by atoms with Crippen LogP contribution in [0.3, 0.4) is 0 Å². The molecule has 2 nitrogen and oxygen atoms in total. The molecule has 0 saturated carbocycles. The molecule has 0 bridgehead atoms. The average molecular weight is 204 g/mol. The third-order valence-electron chi connectivity index (χ3n) is 0.972. The summed E-state index contributed by atoms with van der Waals surface area (Å²) in [5.74, 6) is 0.755. The molecule has 0 heterocycles. The van der Waals surface area contributed by atoms with E-state index in [4.69, 9.17) is 8.54 Å². The van der Waals surface area contributed by atoms with Gasteiger partial charge < -0.3 is 8.54 Å². The molecule has 0 rings (SSSR count). The molecule has 72 valence electrons. The first-order chi connectivity index (χ1) is 5.12. The fraction of sp³-hybridized carbons (Fsp3) is 0.750. The summed E-state index contributed by atoms with van der Waals surface area (Å²) in [5, 5.41) is 0. The number of hydrogen-bond donors (Lipinski definition) is 0. The topological polar surface area (TPSA) is 18.5 Å². The average Bonchev–Trinajstić information content (AvgIpc) is 1.48. The highest BCUT2D eigenvalue weighted by molar-refractivity contribution is 6.81. The largest absolute Gasteiger partial charge is 0.525 e. The van der Waals surface area contributed by atoms with Crippen LogP contribution in [0.15, 0.2) is 12.3 Å². The van der Waals surface area contributed by atoms with E-state index in [1.165, 1.54) is 0 Å². The first kappa shape index (κ1) is 11.9. The molecule has 0 aliphatic rings. The van der Waals surface area contributed by atoms with Crippen LogP contribution in [0.25, 0.3) is 0 Å². The van der Waals surface area contributed by atoms with Crippen molar-refractivity contribution in [3.8, 4) is 0 Å². The van der Waals surface area contributed by atoms with Crippen LogP contribution in [0.5, 0.6) is 0 Å². The summed E-state index contributed by atoms with van der Waals surface area (Å²) in [7, 11) is -3.40. The van der Waals surface area contributed by atoms with Gasteiger partial charge in [0.05, 0.1) is 5.76 Å². The third-order valence-corrected chi connectivity index (χ3v) is 6.23. The predicted octanol–water partition coefficient (Wildman–Crippen LogP) is 3.09. The maximum absolute atomic E-state index is 5.93. The number of allylic oxidation sites excluding steroid dienone is 1. The number of rotatable bonds is 4. The monoisotopic (exact) mass is 204 g/mol. The van der Waals surface area contributed by atoms with Gasteiger partial charge in [0.25, 0.3) is 0 Å². The Kier molecular flexibility index (Phi) is 3.74. The predicted molar refractivity (Wildman–Crippen MR) is 57.8 cm³/mol. The van der Waals surface area contributed by atoms with Crippen molar-refractivity contribution >= 4 is 16.9 Å². The van der Waals surface area contributed by atoms with Gasteiger partial charge in [-0.05, 0) is 39.7 Å². The molecular formula is C8H20O2Si2. The Labute approximate surface area is 78.0 Å². The van der Waals surface area contributed by atoms with Crippen molar-refractivity contribution in [2.75, 3.05) is 0 Å². The van der Waals surface area contributed by atoms with Gasteiger partial charge in [-0.25, -0.2) is 0 Å². The van der Waals surface area contributed by atoms with Gasteiger partial charge in [-0.3, -0.25) is 0 Å². The van der Waals surface area contributed by atoms with E-state index < -0.39 is 16.9 Å². The minimum atomic E-state index is -1.94. The van der Waals surface area contributed by atoms with Crippen LogP contribution in [-0.4, -0.2) is 16.9 Å². The summed E-state index contributed by atoms with van der Waals surface area (Å²) in [6, 6.07) is 0. The van der Waals surface area contributed by atoms with Gasteiger partial charge in [-0.2, -0.15) is 0 Å². The molecule has 0 aromatic rings. The lowest BCUT2D eigenvalue weighted by Crippen LogP contribution is -2.44. The van der Waals surface area contributed by atoms with Crippen molar-refractivity contribution in [1.82, 2.24) is 0 Å².